The third-order valence-corrected chi connectivity index (χ3v) is 5.41. The number of aromatic nitrogens is 5. The van der Waals surface area contributed by atoms with Crippen molar-refractivity contribution >= 4 is 23.4 Å². The summed E-state index contributed by atoms with van der Waals surface area (Å²) in [5.74, 6) is 1.62. The van der Waals surface area contributed by atoms with Crippen LogP contribution in [-0.2, 0) is 17.0 Å². The van der Waals surface area contributed by atoms with E-state index in [1.165, 1.54) is 11.8 Å². The van der Waals surface area contributed by atoms with Crippen LogP contribution in [0.4, 0.5) is 5.69 Å². The number of rotatable bonds is 8. The molecule has 1 amide bonds. The SMILES string of the molecule is Cc1cccc(NC(=O)CCc2nc(CSc3nnc(-c4cccnc4)o3)no2)c1C. The molecule has 4 rings (SSSR count). The Kier molecular flexibility index (Phi) is 6.37. The summed E-state index contributed by atoms with van der Waals surface area (Å²) in [4.78, 5) is 20.6. The Hall–Kier alpha value is -3.53. The van der Waals surface area contributed by atoms with E-state index in [2.05, 4.69) is 30.6 Å². The zero-order chi connectivity index (χ0) is 21.6. The van der Waals surface area contributed by atoms with Crippen molar-refractivity contribution in [1.82, 2.24) is 25.3 Å². The molecule has 9 nitrogen and oxygen atoms in total. The fourth-order valence-corrected chi connectivity index (χ4v) is 3.38. The topological polar surface area (TPSA) is 120 Å². The van der Waals surface area contributed by atoms with E-state index in [-0.39, 0.29) is 12.3 Å². The Labute approximate surface area is 182 Å². The molecule has 4 aromatic rings. The average Bonchev–Trinajstić information content (AvgIpc) is 3.44. The number of anilines is 1. The van der Waals surface area contributed by atoms with Crippen LogP contribution in [0.15, 0.2) is 56.9 Å². The van der Waals surface area contributed by atoms with Crippen LogP contribution in [0.3, 0.4) is 0 Å². The minimum Gasteiger partial charge on any atom is -0.411 e. The van der Waals surface area contributed by atoms with Crippen LogP contribution in [0.25, 0.3) is 11.5 Å². The molecule has 0 spiro atoms. The lowest BCUT2D eigenvalue weighted by Crippen LogP contribution is -2.13. The van der Waals surface area contributed by atoms with Crippen molar-refractivity contribution in [2.24, 2.45) is 0 Å². The van der Waals surface area contributed by atoms with Crippen LogP contribution in [0.5, 0.6) is 0 Å². The number of nitrogens with zero attached hydrogens (tertiary/aromatic N) is 5. The lowest BCUT2D eigenvalue weighted by Gasteiger charge is -2.09. The molecule has 0 unspecified atom stereocenters. The van der Waals surface area contributed by atoms with E-state index in [9.17, 15) is 4.79 Å². The quantitative estimate of drug-likeness (QED) is 0.409. The zero-order valence-electron chi connectivity index (χ0n) is 17.0. The first-order chi connectivity index (χ1) is 15.1. The highest BCUT2D eigenvalue weighted by molar-refractivity contribution is 7.98. The lowest BCUT2D eigenvalue weighted by molar-refractivity contribution is -0.116. The van der Waals surface area contributed by atoms with E-state index in [1.807, 2.05) is 38.1 Å². The molecule has 1 aromatic carbocycles. The van der Waals surface area contributed by atoms with Crippen molar-refractivity contribution in [2.75, 3.05) is 5.32 Å². The number of pyridine rings is 1. The molecule has 0 aliphatic carbocycles. The van der Waals surface area contributed by atoms with Crippen molar-refractivity contribution in [1.29, 1.82) is 0 Å². The Morgan fingerprint density at radius 2 is 2.06 bits per heavy atom. The Morgan fingerprint density at radius 1 is 1.16 bits per heavy atom. The summed E-state index contributed by atoms with van der Waals surface area (Å²) in [7, 11) is 0. The molecule has 0 bridgehead atoms. The molecule has 0 saturated carbocycles. The number of amides is 1. The first kappa shape index (κ1) is 20.7. The third-order valence-electron chi connectivity index (χ3n) is 4.59. The summed E-state index contributed by atoms with van der Waals surface area (Å²) in [5, 5.41) is 15.3. The van der Waals surface area contributed by atoms with Crippen molar-refractivity contribution in [3.05, 3.63) is 65.6 Å². The summed E-state index contributed by atoms with van der Waals surface area (Å²) >= 11 is 1.31. The molecule has 0 fully saturated rings. The van der Waals surface area contributed by atoms with E-state index in [4.69, 9.17) is 8.94 Å². The van der Waals surface area contributed by atoms with E-state index < -0.39 is 0 Å². The maximum atomic E-state index is 12.2. The Balaban J connectivity index is 1.26. The predicted octanol–water partition coefficient (Wildman–Crippen LogP) is 4.00. The molecule has 3 aromatic heterocycles. The normalized spacial score (nSPS) is 10.9. The Morgan fingerprint density at radius 3 is 2.90 bits per heavy atom. The van der Waals surface area contributed by atoms with Gasteiger partial charge in [0.25, 0.3) is 5.22 Å². The van der Waals surface area contributed by atoms with Gasteiger partial charge in [0.2, 0.25) is 17.7 Å². The predicted molar refractivity (Wildman–Crippen MR) is 114 cm³/mol. The van der Waals surface area contributed by atoms with Crippen molar-refractivity contribution < 1.29 is 13.7 Å². The summed E-state index contributed by atoms with van der Waals surface area (Å²) in [6.07, 6.45) is 3.95. The molecule has 0 aliphatic rings. The van der Waals surface area contributed by atoms with Crippen LogP contribution >= 0.6 is 11.8 Å². The van der Waals surface area contributed by atoms with Crippen LogP contribution in [0, 0.1) is 13.8 Å². The van der Waals surface area contributed by atoms with Gasteiger partial charge in [-0.2, -0.15) is 4.98 Å². The van der Waals surface area contributed by atoms with Gasteiger partial charge in [0.05, 0.1) is 11.3 Å². The van der Waals surface area contributed by atoms with Gasteiger partial charge >= 0.3 is 0 Å². The summed E-state index contributed by atoms with van der Waals surface area (Å²) in [6, 6.07) is 9.46. The van der Waals surface area contributed by atoms with Crippen molar-refractivity contribution in [3.8, 4) is 11.5 Å². The number of aryl methyl sites for hydroxylation is 2. The molecule has 1 N–H and O–H groups in total. The van der Waals surface area contributed by atoms with E-state index in [0.29, 0.717) is 35.0 Å². The zero-order valence-corrected chi connectivity index (χ0v) is 17.8. The smallest absolute Gasteiger partial charge is 0.277 e. The fourth-order valence-electron chi connectivity index (χ4n) is 2.77. The van der Waals surface area contributed by atoms with Crippen LogP contribution in [0.1, 0.15) is 29.3 Å². The lowest BCUT2D eigenvalue weighted by atomic mass is 10.1. The van der Waals surface area contributed by atoms with Gasteiger partial charge in [0, 0.05) is 30.9 Å². The van der Waals surface area contributed by atoms with Crippen LogP contribution in [0.2, 0.25) is 0 Å². The van der Waals surface area contributed by atoms with Gasteiger partial charge in [0.15, 0.2) is 5.82 Å². The second-order valence-corrected chi connectivity index (χ2v) is 7.73. The van der Waals surface area contributed by atoms with Gasteiger partial charge in [0.1, 0.15) is 0 Å². The molecular weight excluding hydrogens is 416 g/mol. The van der Waals surface area contributed by atoms with Gasteiger partial charge in [-0.05, 0) is 43.2 Å². The second kappa shape index (κ2) is 9.52. The standard InChI is InChI=1S/C21H20N6O3S/c1-13-5-3-7-16(14(13)2)23-18(28)8-9-19-24-17(27-30-19)12-31-21-26-25-20(29-21)15-6-4-10-22-11-15/h3-7,10-11H,8-9,12H2,1-2H3,(H,23,28). The van der Waals surface area contributed by atoms with E-state index >= 15 is 0 Å². The van der Waals surface area contributed by atoms with Crippen molar-refractivity contribution in [2.45, 2.75) is 37.7 Å². The van der Waals surface area contributed by atoms with Crippen LogP contribution in [-0.4, -0.2) is 31.2 Å². The van der Waals surface area contributed by atoms with Crippen molar-refractivity contribution in [3.63, 3.8) is 0 Å². The maximum absolute atomic E-state index is 12.2. The van der Waals surface area contributed by atoms with Gasteiger partial charge in [-0.1, -0.05) is 29.1 Å². The first-order valence-electron chi connectivity index (χ1n) is 9.62. The molecule has 0 saturated heterocycles. The minimum atomic E-state index is -0.100. The molecule has 0 atom stereocenters. The molecule has 31 heavy (non-hydrogen) atoms. The minimum absolute atomic E-state index is 0.100. The third kappa shape index (κ3) is 5.34. The Bertz CT molecular complexity index is 1170. The average molecular weight is 436 g/mol. The molecule has 0 radical (unpaired) electrons. The first-order valence-corrected chi connectivity index (χ1v) is 10.6. The fraction of sp³-hybridized carbons (Fsp3) is 0.238. The summed E-state index contributed by atoms with van der Waals surface area (Å²) in [5.41, 5.74) is 3.76. The molecule has 158 valence electrons. The highest BCUT2D eigenvalue weighted by atomic mass is 32.2. The number of carbonyl (C=O) groups is 1. The second-order valence-electron chi connectivity index (χ2n) is 6.80. The van der Waals surface area contributed by atoms with E-state index in [1.54, 1.807) is 18.5 Å². The summed E-state index contributed by atoms with van der Waals surface area (Å²) in [6.45, 7) is 3.99. The van der Waals surface area contributed by atoms with Gasteiger partial charge in [-0.25, -0.2) is 0 Å². The highest BCUT2D eigenvalue weighted by Gasteiger charge is 2.13. The van der Waals surface area contributed by atoms with Crippen LogP contribution < -0.4 is 5.32 Å². The number of benzene rings is 1. The number of hydrogen-bond donors (Lipinski definition) is 1. The largest absolute Gasteiger partial charge is 0.411 e. The van der Waals surface area contributed by atoms with Gasteiger partial charge in [-0.3, -0.25) is 9.78 Å². The summed E-state index contributed by atoms with van der Waals surface area (Å²) < 4.78 is 10.9. The van der Waals surface area contributed by atoms with Gasteiger partial charge in [-0.15, -0.1) is 10.2 Å². The number of carbonyl (C=O) groups excluding carboxylic acids is 1. The molecule has 0 aliphatic heterocycles. The molecule has 10 heteroatoms. The van der Waals surface area contributed by atoms with Gasteiger partial charge < -0.3 is 14.3 Å². The monoisotopic (exact) mass is 436 g/mol. The molecule has 3 heterocycles. The highest BCUT2D eigenvalue weighted by Crippen LogP contribution is 2.24. The number of nitrogens with one attached hydrogen (secondary N) is 1. The maximum Gasteiger partial charge on any atom is 0.277 e. The number of hydrogen-bond acceptors (Lipinski definition) is 9. The number of thioether (sulfide) groups is 1. The van der Waals surface area contributed by atoms with E-state index in [0.717, 1.165) is 22.4 Å². The molecular formula is C21H20N6O3S.